The zero-order valence-electron chi connectivity index (χ0n) is 12.8. The van der Waals surface area contributed by atoms with Crippen LogP contribution in [0.4, 0.5) is 5.69 Å². The van der Waals surface area contributed by atoms with Crippen molar-refractivity contribution in [2.24, 2.45) is 0 Å². The molecule has 1 atom stereocenters. The molecule has 0 bridgehead atoms. The van der Waals surface area contributed by atoms with Gasteiger partial charge in [0.2, 0.25) is 0 Å². The number of halogens is 2. The SMILES string of the molecule is Cc1cc(Br)c2ncn(Nc3cc(Cl)ccc3S(C)=O)c(=O)c2c1. The summed E-state index contributed by atoms with van der Waals surface area (Å²) in [6, 6.07) is 8.64. The molecular weight excluding hydrogens is 414 g/mol. The van der Waals surface area contributed by atoms with E-state index in [0.717, 1.165) is 10.0 Å². The van der Waals surface area contributed by atoms with Crippen LogP contribution >= 0.6 is 27.5 Å². The van der Waals surface area contributed by atoms with Crippen molar-refractivity contribution < 1.29 is 4.21 Å². The first-order valence-corrected chi connectivity index (χ1v) is 9.67. The summed E-state index contributed by atoms with van der Waals surface area (Å²) in [6.07, 6.45) is 2.96. The van der Waals surface area contributed by atoms with Crippen molar-refractivity contribution in [1.29, 1.82) is 0 Å². The first kappa shape index (κ1) is 17.1. The monoisotopic (exact) mass is 425 g/mol. The standard InChI is InChI=1S/C16H13BrClN3O2S/c1-9-5-11-15(12(17)6-9)19-8-21(16(11)22)20-13-7-10(18)3-4-14(13)24(2)23/h3-8,20H,1-2H3. The van der Waals surface area contributed by atoms with E-state index in [1.165, 1.54) is 11.0 Å². The maximum Gasteiger partial charge on any atom is 0.280 e. The number of fused-ring (bicyclic) bond motifs is 1. The van der Waals surface area contributed by atoms with Gasteiger partial charge in [0.05, 0.1) is 32.3 Å². The van der Waals surface area contributed by atoms with Crippen molar-refractivity contribution in [3.05, 3.63) is 62.1 Å². The van der Waals surface area contributed by atoms with Crippen LogP contribution in [0.15, 0.2) is 50.8 Å². The molecule has 0 saturated heterocycles. The Morgan fingerprint density at radius 2 is 2.04 bits per heavy atom. The highest BCUT2D eigenvalue weighted by Gasteiger charge is 2.11. The van der Waals surface area contributed by atoms with E-state index >= 15 is 0 Å². The van der Waals surface area contributed by atoms with E-state index in [4.69, 9.17) is 11.6 Å². The molecule has 0 aliphatic rings. The molecule has 1 unspecified atom stereocenters. The van der Waals surface area contributed by atoms with E-state index in [9.17, 15) is 9.00 Å². The number of rotatable bonds is 3. The van der Waals surface area contributed by atoms with Crippen LogP contribution in [0, 0.1) is 6.92 Å². The van der Waals surface area contributed by atoms with Crippen LogP contribution in [0.3, 0.4) is 0 Å². The zero-order chi connectivity index (χ0) is 17.4. The Bertz CT molecular complexity index is 1040. The molecule has 0 saturated carbocycles. The number of nitrogens with zero attached hydrogens (tertiary/aromatic N) is 2. The van der Waals surface area contributed by atoms with Gasteiger partial charge in [-0.1, -0.05) is 11.6 Å². The number of aromatic nitrogens is 2. The highest BCUT2D eigenvalue weighted by Crippen LogP contribution is 2.24. The first-order chi connectivity index (χ1) is 11.4. The van der Waals surface area contributed by atoms with Gasteiger partial charge in [-0.3, -0.25) is 14.4 Å². The van der Waals surface area contributed by atoms with Crippen molar-refractivity contribution in [2.45, 2.75) is 11.8 Å². The van der Waals surface area contributed by atoms with Crippen LogP contribution < -0.4 is 11.0 Å². The second kappa shape index (κ2) is 6.66. The molecule has 124 valence electrons. The number of anilines is 1. The van der Waals surface area contributed by atoms with Gasteiger partial charge in [-0.25, -0.2) is 9.66 Å². The molecule has 24 heavy (non-hydrogen) atoms. The van der Waals surface area contributed by atoms with Gasteiger partial charge in [0.15, 0.2) is 0 Å². The molecule has 3 rings (SSSR count). The Balaban J connectivity index is 2.15. The molecule has 0 aliphatic heterocycles. The maximum atomic E-state index is 12.7. The first-order valence-electron chi connectivity index (χ1n) is 6.94. The van der Waals surface area contributed by atoms with Crippen molar-refractivity contribution in [2.75, 3.05) is 11.7 Å². The van der Waals surface area contributed by atoms with Gasteiger partial charge in [-0.2, -0.15) is 0 Å². The fraction of sp³-hybridized carbons (Fsp3) is 0.125. The molecule has 2 aromatic carbocycles. The number of benzene rings is 2. The van der Waals surface area contributed by atoms with Crippen LogP contribution in [0.5, 0.6) is 0 Å². The van der Waals surface area contributed by atoms with Crippen molar-refractivity contribution in [3.63, 3.8) is 0 Å². The quantitative estimate of drug-likeness (QED) is 0.693. The van der Waals surface area contributed by atoms with Gasteiger partial charge in [0.1, 0.15) is 6.33 Å². The lowest BCUT2D eigenvalue weighted by atomic mass is 10.2. The smallest absolute Gasteiger partial charge is 0.280 e. The highest BCUT2D eigenvalue weighted by molar-refractivity contribution is 9.10. The van der Waals surface area contributed by atoms with Crippen LogP contribution in [0.2, 0.25) is 5.02 Å². The molecule has 8 heteroatoms. The summed E-state index contributed by atoms with van der Waals surface area (Å²) >= 11 is 9.44. The molecule has 1 aromatic heterocycles. The van der Waals surface area contributed by atoms with E-state index in [0.29, 0.717) is 26.5 Å². The number of aryl methyl sites for hydroxylation is 1. The summed E-state index contributed by atoms with van der Waals surface area (Å²) in [5.74, 6) is 0. The average molecular weight is 427 g/mol. The summed E-state index contributed by atoms with van der Waals surface area (Å²) in [4.78, 5) is 17.6. The Morgan fingerprint density at radius 1 is 1.29 bits per heavy atom. The third kappa shape index (κ3) is 3.24. The minimum Gasteiger partial charge on any atom is -0.289 e. The Morgan fingerprint density at radius 3 is 2.75 bits per heavy atom. The predicted molar refractivity (Wildman–Crippen MR) is 101 cm³/mol. The Hall–Kier alpha value is -1.70. The van der Waals surface area contributed by atoms with Crippen molar-refractivity contribution in [1.82, 2.24) is 9.66 Å². The largest absolute Gasteiger partial charge is 0.289 e. The molecule has 0 amide bonds. The zero-order valence-corrected chi connectivity index (χ0v) is 16.0. The summed E-state index contributed by atoms with van der Waals surface area (Å²) in [7, 11) is -1.23. The summed E-state index contributed by atoms with van der Waals surface area (Å²) in [5, 5.41) is 0.963. The van der Waals surface area contributed by atoms with E-state index in [-0.39, 0.29) is 5.56 Å². The van der Waals surface area contributed by atoms with Crippen LogP contribution in [0.1, 0.15) is 5.56 Å². The van der Waals surface area contributed by atoms with E-state index in [2.05, 4.69) is 26.3 Å². The third-order valence-electron chi connectivity index (χ3n) is 3.45. The molecular formula is C16H13BrClN3O2S. The number of hydrogen-bond acceptors (Lipinski definition) is 4. The molecule has 5 nitrogen and oxygen atoms in total. The minimum absolute atomic E-state index is 0.253. The predicted octanol–water partition coefficient (Wildman–Crippen LogP) is 3.73. The fourth-order valence-corrected chi connectivity index (χ4v) is 3.90. The van der Waals surface area contributed by atoms with E-state index < -0.39 is 10.8 Å². The van der Waals surface area contributed by atoms with E-state index in [1.807, 2.05) is 13.0 Å². The summed E-state index contributed by atoms with van der Waals surface area (Å²) in [5.41, 5.74) is 4.73. The molecule has 3 aromatic rings. The van der Waals surface area contributed by atoms with Crippen LogP contribution in [-0.4, -0.2) is 20.1 Å². The van der Waals surface area contributed by atoms with Gasteiger partial charge in [0, 0.05) is 15.8 Å². The highest BCUT2D eigenvalue weighted by atomic mass is 79.9. The maximum absolute atomic E-state index is 12.7. The van der Waals surface area contributed by atoms with Gasteiger partial charge in [-0.15, -0.1) is 0 Å². The van der Waals surface area contributed by atoms with Gasteiger partial charge < -0.3 is 0 Å². The molecule has 0 fully saturated rings. The molecule has 0 aliphatic carbocycles. The lowest BCUT2D eigenvalue weighted by molar-refractivity contribution is 0.686. The Kier molecular flexibility index (Phi) is 4.76. The molecule has 1 heterocycles. The van der Waals surface area contributed by atoms with Gasteiger partial charge in [-0.05, 0) is 58.7 Å². The normalized spacial score (nSPS) is 12.3. The minimum atomic E-state index is -1.23. The van der Waals surface area contributed by atoms with Crippen LogP contribution in [0.25, 0.3) is 10.9 Å². The number of hydrogen-bond donors (Lipinski definition) is 1. The van der Waals surface area contributed by atoms with Crippen LogP contribution in [-0.2, 0) is 10.8 Å². The lowest BCUT2D eigenvalue weighted by Crippen LogP contribution is -2.27. The topological polar surface area (TPSA) is 64.0 Å². The summed E-state index contributed by atoms with van der Waals surface area (Å²) in [6.45, 7) is 1.91. The van der Waals surface area contributed by atoms with Crippen molar-refractivity contribution in [3.8, 4) is 0 Å². The molecule has 0 radical (unpaired) electrons. The third-order valence-corrected chi connectivity index (χ3v) is 5.27. The lowest BCUT2D eigenvalue weighted by Gasteiger charge is -2.13. The van der Waals surface area contributed by atoms with Gasteiger partial charge in [0.25, 0.3) is 5.56 Å². The Labute approximate surface area is 154 Å². The van der Waals surface area contributed by atoms with Crippen molar-refractivity contribution >= 4 is 54.9 Å². The molecule has 1 N–H and O–H groups in total. The second-order valence-electron chi connectivity index (χ2n) is 5.27. The average Bonchev–Trinajstić information content (AvgIpc) is 2.50. The number of nitrogens with one attached hydrogen (secondary N) is 1. The van der Waals surface area contributed by atoms with Gasteiger partial charge >= 0.3 is 0 Å². The van der Waals surface area contributed by atoms with E-state index in [1.54, 1.807) is 30.5 Å². The second-order valence-corrected chi connectivity index (χ2v) is 7.91. The molecule has 0 spiro atoms. The fourth-order valence-electron chi connectivity index (χ4n) is 2.38. The summed E-state index contributed by atoms with van der Waals surface area (Å²) < 4.78 is 13.9.